The number of amides is 1. The molecule has 5 nitrogen and oxygen atoms in total. The van der Waals surface area contributed by atoms with E-state index in [0.717, 1.165) is 12.8 Å². The van der Waals surface area contributed by atoms with E-state index in [4.69, 9.17) is 15.2 Å². The van der Waals surface area contributed by atoms with E-state index in [9.17, 15) is 4.79 Å². The highest BCUT2D eigenvalue weighted by Crippen LogP contribution is 2.32. The minimum absolute atomic E-state index is 0.0726. The monoisotopic (exact) mass is 292 g/mol. The average molecular weight is 292 g/mol. The number of hydrogen-bond acceptors (Lipinski definition) is 4. The third kappa shape index (κ3) is 3.23. The molecular formula is C16H24N2O3. The van der Waals surface area contributed by atoms with Gasteiger partial charge in [0.15, 0.2) is 0 Å². The van der Waals surface area contributed by atoms with Crippen molar-refractivity contribution >= 4 is 11.6 Å². The number of methoxy groups -OCH3 is 2. The van der Waals surface area contributed by atoms with E-state index >= 15 is 0 Å². The summed E-state index contributed by atoms with van der Waals surface area (Å²) in [6.07, 6.45) is 5.73. The molecule has 2 rings (SSSR count). The molecule has 1 aromatic carbocycles. The normalized spacial score (nSPS) is 15.6. The van der Waals surface area contributed by atoms with E-state index < -0.39 is 0 Å². The molecule has 21 heavy (non-hydrogen) atoms. The first-order chi connectivity index (χ1) is 10.1. The van der Waals surface area contributed by atoms with Gasteiger partial charge in [0.1, 0.15) is 11.5 Å². The highest BCUT2D eigenvalue weighted by molar-refractivity contribution is 6.01. The third-order valence-corrected chi connectivity index (χ3v) is 4.24. The lowest BCUT2D eigenvalue weighted by Gasteiger charge is -2.31. The number of nitrogen functional groups attached to an aromatic ring is 1. The molecule has 1 aliphatic carbocycles. The highest BCUT2D eigenvalue weighted by atomic mass is 16.5. The number of rotatable bonds is 4. The zero-order chi connectivity index (χ0) is 15.4. The second-order valence-corrected chi connectivity index (χ2v) is 5.50. The minimum atomic E-state index is -0.0726. The first kappa shape index (κ1) is 15.5. The third-order valence-electron chi connectivity index (χ3n) is 4.24. The van der Waals surface area contributed by atoms with E-state index in [1.54, 1.807) is 19.2 Å². The van der Waals surface area contributed by atoms with Crippen LogP contribution in [0.15, 0.2) is 12.1 Å². The van der Waals surface area contributed by atoms with Gasteiger partial charge in [-0.05, 0) is 18.9 Å². The molecule has 2 N–H and O–H groups in total. The first-order valence-electron chi connectivity index (χ1n) is 7.37. The van der Waals surface area contributed by atoms with Gasteiger partial charge in [-0.25, -0.2) is 0 Å². The van der Waals surface area contributed by atoms with Crippen molar-refractivity contribution in [3.63, 3.8) is 0 Å². The summed E-state index contributed by atoms with van der Waals surface area (Å²) in [6, 6.07) is 3.66. The van der Waals surface area contributed by atoms with Gasteiger partial charge in [0.25, 0.3) is 5.91 Å². The summed E-state index contributed by atoms with van der Waals surface area (Å²) in [7, 11) is 4.94. The van der Waals surface area contributed by atoms with Crippen LogP contribution in [0.5, 0.6) is 11.5 Å². The van der Waals surface area contributed by atoms with Crippen LogP contribution in [-0.4, -0.2) is 38.1 Å². The molecule has 0 atom stereocenters. The first-order valence-corrected chi connectivity index (χ1v) is 7.37. The molecule has 1 fully saturated rings. The van der Waals surface area contributed by atoms with Gasteiger partial charge in [-0.1, -0.05) is 19.3 Å². The van der Waals surface area contributed by atoms with Crippen LogP contribution in [0.4, 0.5) is 5.69 Å². The lowest BCUT2D eigenvalue weighted by Crippen LogP contribution is -2.38. The Balaban J connectivity index is 2.28. The number of hydrogen-bond donors (Lipinski definition) is 1. The molecule has 5 heteroatoms. The zero-order valence-corrected chi connectivity index (χ0v) is 13.0. The van der Waals surface area contributed by atoms with Crippen LogP contribution in [0.2, 0.25) is 0 Å². The van der Waals surface area contributed by atoms with Crippen molar-refractivity contribution in [1.82, 2.24) is 4.90 Å². The molecule has 0 saturated heterocycles. The van der Waals surface area contributed by atoms with Crippen LogP contribution >= 0.6 is 0 Å². The Morgan fingerprint density at radius 2 is 1.86 bits per heavy atom. The second kappa shape index (κ2) is 6.70. The lowest BCUT2D eigenvalue weighted by atomic mass is 9.94. The Morgan fingerprint density at radius 3 is 2.43 bits per heavy atom. The predicted octanol–water partition coefficient (Wildman–Crippen LogP) is 2.69. The number of nitrogens with zero attached hydrogens (tertiary/aromatic N) is 1. The van der Waals surface area contributed by atoms with Gasteiger partial charge in [-0.15, -0.1) is 0 Å². The largest absolute Gasteiger partial charge is 0.497 e. The Morgan fingerprint density at radius 1 is 1.19 bits per heavy atom. The fourth-order valence-electron chi connectivity index (χ4n) is 2.89. The van der Waals surface area contributed by atoms with Gasteiger partial charge >= 0.3 is 0 Å². The topological polar surface area (TPSA) is 64.8 Å². The Hall–Kier alpha value is -1.91. The van der Waals surface area contributed by atoms with Crippen LogP contribution in [0.1, 0.15) is 42.5 Å². The molecule has 1 amide bonds. The SMILES string of the molecule is COc1cc(OC)c(N)c(C(=O)N(C)C2CCCCC2)c1. The smallest absolute Gasteiger partial charge is 0.256 e. The van der Waals surface area contributed by atoms with Crippen molar-refractivity contribution in [3.8, 4) is 11.5 Å². The molecule has 0 spiro atoms. The average Bonchev–Trinajstić information content (AvgIpc) is 2.54. The van der Waals surface area contributed by atoms with Crippen molar-refractivity contribution in [2.75, 3.05) is 27.0 Å². The summed E-state index contributed by atoms with van der Waals surface area (Å²) in [4.78, 5) is 14.5. The van der Waals surface area contributed by atoms with Gasteiger partial charge in [0, 0.05) is 19.2 Å². The molecular weight excluding hydrogens is 268 g/mol. The molecule has 116 valence electrons. The number of nitrogens with two attached hydrogens (primary N) is 1. The molecule has 0 unspecified atom stereocenters. The number of carbonyl (C=O) groups is 1. The van der Waals surface area contributed by atoms with E-state index in [-0.39, 0.29) is 5.91 Å². The maximum Gasteiger partial charge on any atom is 0.256 e. The quantitative estimate of drug-likeness (QED) is 0.867. The standard InChI is InChI=1S/C16H24N2O3/c1-18(11-7-5-4-6-8-11)16(19)13-9-12(20-2)10-14(21-3)15(13)17/h9-11H,4-8,17H2,1-3H3. The Bertz CT molecular complexity index is 510. The maximum atomic E-state index is 12.7. The number of benzene rings is 1. The van der Waals surface area contributed by atoms with Crippen LogP contribution in [0, 0.1) is 0 Å². The lowest BCUT2D eigenvalue weighted by molar-refractivity contribution is 0.0696. The molecule has 0 aliphatic heterocycles. The second-order valence-electron chi connectivity index (χ2n) is 5.50. The fraction of sp³-hybridized carbons (Fsp3) is 0.562. The summed E-state index contributed by atoms with van der Waals surface area (Å²) in [5, 5.41) is 0. The van der Waals surface area contributed by atoms with E-state index in [1.807, 2.05) is 11.9 Å². The van der Waals surface area contributed by atoms with Gasteiger partial charge in [-0.2, -0.15) is 0 Å². The molecule has 0 heterocycles. The van der Waals surface area contributed by atoms with E-state index in [2.05, 4.69) is 0 Å². The molecule has 0 bridgehead atoms. The number of ether oxygens (including phenoxy) is 2. The van der Waals surface area contributed by atoms with Crippen LogP contribution in [0.3, 0.4) is 0 Å². The van der Waals surface area contributed by atoms with Crippen LogP contribution in [0.25, 0.3) is 0 Å². The molecule has 1 saturated carbocycles. The molecule has 0 radical (unpaired) electrons. The zero-order valence-electron chi connectivity index (χ0n) is 13.0. The van der Waals surface area contributed by atoms with Crippen LogP contribution in [-0.2, 0) is 0 Å². The summed E-state index contributed by atoms with van der Waals surface area (Å²) >= 11 is 0. The van der Waals surface area contributed by atoms with Crippen LogP contribution < -0.4 is 15.2 Å². The maximum absolute atomic E-state index is 12.7. The number of carbonyl (C=O) groups excluding carboxylic acids is 1. The van der Waals surface area contributed by atoms with Gasteiger partial charge < -0.3 is 20.1 Å². The van der Waals surface area contributed by atoms with Gasteiger partial charge in [0.2, 0.25) is 0 Å². The molecule has 1 aromatic rings. The van der Waals surface area contributed by atoms with Crippen molar-refractivity contribution in [2.24, 2.45) is 0 Å². The van der Waals surface area contributed by atoms with Crippen molar-refractivity contribution in [3.05, 3.63) is 17.7 Å². The Labute approximate surface area is 126 Å². The molecule has 1 aliphatic rings. The predicted molar refractivity (Wildman–Crippen MR) is 82.9 cm³/mol. The summed E-state index contributed by atoms with van der Waals surface area (Å²) in [6.45, 7) is 0. The Kier molecular flexibility index (Phi) is 4.94. The fourth-order valence-corrected chi connectivity index (χ4v) is 2.89. The summed E-state index contributed by atoms with van der Waals surface area (Å²) in [5.41, 5.74) is 6.87. The van der Waals surface area contributed by atoms with Gasteiger partial charge in [-0.3, -0.25) is 4.79 Å². The minimum Gasteiger partial charge on any atom is -0.497 e. The summed E-state index contributed by atoms with van der Waals surface area (Å²) in [5.74, 6) is 0.966. The number of anilines is 1. The van der Waals surface area contributed by atoms with E-state index in [1.165, 1.54) is 26.4 Å². The van der Waals surface area contributed by atoms with Crippen molar-refractivity contribution in [2.45, 2.75) is 38.1 Å². The van der Waals surface area contributed by atoms with Crippen molar-refractivity contribution in [1.29, 1.82) is 0 Å². The summed E-state index contributed by atoms with van der Waals surface area (Å²) < 4.78 is 10.4. The van der Waals surface area contributed by atoms with E-state index in [0.29, 0.717) is 28.8 Å². The van der Waals surface area contributed by atoms with Crippen molar-refractivity contribution < 1.29 is 14.3 Å². The highest BCUT2D eigenvalue weighted by Gasteiger charge is 2.25. The molecule has 0 aromatic heterocycles. The van der Waals surface area contributed by atoms with Gasteiger partial charge in [0.05, 0.1) is 25.5 Å².